The van der Waals surface area contributed by atoms with Crippen LogP contribution in [0.3, 0.4) is 0 Å². The molecule has 1 aromatic rings. The van der Waals surface area contributed by atoms with Gasteiger partial charge in [-0.1, -0.05) is 37.6 Å². The topological polar surface area (TPSA) is 21.3 Å². The van der Waals surface area contributed by atoms with Crippen LogP contribution in [0.15, 0.2) is 35.9 Å². The molecule has 0 spiro atoms. The van der Waals surface area contributed by atoms with Gasteiger partial charge in [0.1, 0.15) is 5.75 Å². The summed E-state index contributed by atoms with van der Waals surface area (Å²) in [4.78, 5) is 0. The van der Waals surface area contributed by atoms with E-state index in [1.165, 1.54) is 11.1 Å². The quantitative estimate of drug-likeness (QED) is 0.733. The Bertz CT molecular complexity index is 380. The fraction of sp³-hybridized carbons (Fsp3) is 0.500. The van der Waals surface area contributed by atoms with E-state index in [0.29, 0.717) is 0 Å². The average molecular weight is 247 g/mol. The summed E-state index contributed by atoms with van der Waals surface area (Å²) in [6.45, 7) is 10.2. The van der Waals surface area contributed by atoms with Crippen LogP contribution in [0.25, 0.3) is 0 Å². The van der Waals surface area contributed by atoms with Crippen LogP contribution in [0, 0.1) is 0 Å². The minimum atomic E-state index is 0.269. The average Bonchev–Trinajstić information content (AvgIpc) is 2.36. The van der Waals surface area contributed by atoms with Crippen LogP contribution in [-0.2, 0) is 0 Å². The molecule has 0 amide bonds. The van der Waals surface area contributed by atoms with Crippen molar-refractivity contribution < 1.29 is 4.74 Å². The second-order valence-electron chi connectivity index (χ2n) is 4.70. The Morgan fingerprint density at radius 2 is 2.11 bits per heavy atom. The molecular weight excluding hydrogens is 222 g/mol. The summed E-state index contributed by atoms with van der Waals surface area (Å²) >= 11 is 0. The van der Waals surface area contributed by atoms with Crippen molar-refractivity contribution in [2.75, 3.05) is 13.2 Å². The molecular formula is C16H25NO. The van der Waals surface area contributed by atoms with Crippen LogP contribution >= 0.6 is 0 Å². The molecule has 1 N–H and O–H groups in total. The fourth-order valence-corrected chi connectivity index (χ4v) is 1.84. The molecule has 100 valence electrons. The second kappa shape index (κ2) is 7.93. The zero-order valence-corrected chi connectivity index (χ0v) is 12.0. The maximum Gasteiger partial charge on any atom is 0.119 e. The van der Waals surface area contributed by atoms with Gasteiger partial charge in [-0.3, -0.25) is 0 Å². The van der Waals surface area contributed by atoms with Crippen molar-refractivity contribution in [1.29, 1.82) is 0 Å². The molecule has 1 rings (SSSR count). The molecule has 0 heterocycles. The minimum absolute atomic E-state index is 0.269. The zero-order chi connectivity index (χ0) is 13.4. The van der Waals surface area contributed by atoms with E-state index in [0.717, 1.165) is 25.3 Å². The number of benzene rings is 1. The van der Waals surface area contributed by atoms with E-state index < -0.39 is 0 Å². The highest BCUT2D eigenvalue weighted by Crippen LogP contribution is 2.21. The van der Waals surface area contributed by atoms with Gasteiger partial charge in [-0.25, -0.2) is 0 Å². The largest absolute Gasteiger partial charge is 0.494 e. The summed E-state index contributed by atoms with van der Waals surface area (Å²) in [5.41, 5.74) is 2.58. The van der Waals surface area contributed by atoms with Gasteiger partial charge in [-0.05, 0) is 44.5 Å². The lowest BCUT2D eigenvalue weighted by Crippen LogP contribution is -2.19. The molecule has 0 saturated carbocycles. The maximum absolute atomic E-state index is 5.68. The predicted molar refractivity (Wildman–Crippen MR) is 78.1 cm³/mol. The van der Waals surface area contributed by atoms with E-state index in [4.69, 9.17) is 4.74 Å². The van der Waals surface area contributed by atoms with Gasteiger partial charge in [-0.15, -0.1) is 0 Å². The molecule has 1 unspecified atom stereocenters. The monoisotopic (exact) mass is 247 g/mol. The van der Waals surface area contributed by atoms with E-state index in [1.54, 1.807) is 0 Å². The summed E-state index contributed by atoms with van der Waals surface area (Å²) in [5, 5.41) is 3.48. The molecule has 0 bridgehead atoms. The molecule has 0 aliphatic rings. The molecule has 2 heteroatoms. The smallest absolute Gasteiger partial charge is 0.119 e. The SMILES string of the molecule is CCCOc1cccc(C(C=C(C)C)NCC)c1. The van der Waals surface area contributed by atoms with E-state index >= 15 is 0 Å². The van der Waals surface area contributed by atoms with Crippen molar-refractivity contribution >= 4 is 0 Å². The summed E-state index contributed by atoms with van der Waals surface area (Å²) < 4.78 is 5.68. The Kier molecular flexibility index (Phi) is 6.51. The third kappa shape index (κ3) is 4.92. The standard InChI is InChI=1S/C16H25NO/c1-5-10-18-15-9-7-8-14(12-15)16(17-6-2)11-13(3)4/h7-9,11-12,16-17H,5-6,10H2,1-4H3. The highest BCUT2D eigenvalue weighted by Gasteiger charge is 2.07. The van der Waals surface area contributed by atoms with Crippen LogP contribution in [0.2, 0.25) is 0 Å². The van der Waals surface area contributed by atoms with Crippen molar-refractivity contribution in [3.63, 3.8) is 0 Å². The number of likely N-dealkylation sites (N-methyl/N-ethyl adjacent to an activating group) is 1. The number of allylic oxidation sites excluding steroid dienone is 1. The maximum atomic E-state index is 5.68. The van der Waals surface area contributed by atoms with Crippen molar-refractivity contribution in [3.8, 4) is 5.75 Å². The van der Waals surface area contributed by atoms with Gasteiger partial charge >= 0.3 is 0 Å². The zero-order valence-electron chi connectivity index (χ0n) is 12.0. The van der Waals surface area contributed by atoms with Gasteiger partial charge in [0.15, 0.2) is 0 Å². The summed E-state index contributed by atoms with van der Waals surface area (Å²) in [6, 6.07) is 8.62. The van der Waals surface area contributed by atoms with Gasteiger partial charge < -0.3 is 10.1 Å². The van der Waals surface area contributed by atoms with E-state index in [-0.39, 0.29) is 6.04 Å². The van der Waals surface area contributed by atoms with Crippen molar-refractivity contribution in [3.05, 3.63) is 41.5 Å². The van der Waals surface area contributed by atoms with E-state index in [2.05, 4.69) is 57.3 Å². The molecule has 0 aliphatic carbocycles. The van der Waals surface area contributed by atoms with Gasteiger partial charge in [0.2, 0.25) is 0 Å². The molecule has 1 atom stereocenters. The van der Waals surface area contributed by atoms with Crippen molar-refractivity contribution in [2.45, 2.75) is 40.2 Å². The first kappa shape index (κ1) is 14.8. The number of rotatable bonds is 7. The molecule has 0 saturated heterocycles. The molecule has 0 radical (unpaired) electrons. The first-order valence-corrected chi connectivity index (χ1v) is 6.78. The minimum Gasteiger partial charge on any atom is -0.494 e. The highest BCUT2D eigenvalue weighted by molar-refractivity contribution is 5.33. The van der Waals surface area contributed by atoms with Crippen LogP contribution in [0.5, 0.6) is 5.75 Å². The predicted octanol–water partition coefficient (Wildman–Crippen LogP) is 4.09. The molecule has 0 aromatic heterocycles. The normalized spacial score (nSPS) is 12.0. The highest BCUT2D eigenvalue weighted by atomic mass is 16.5. The van der Waals surface area contributed by atoms with Crippen LogP contribution in [-0.4, -0.2) is 13.2 Å². The Balaban J connectivity index is 2.87. The van der Waals surface area contributed by atoms with Gasteiger partial charge in [0, 0.05) is 0 Å². The van der Waals surface area contributed by atoms with E-state index in [1.807, 2.05) is 6.07 Å². The lowest BCUT2D eigenvalue weighted by Gasteiger charge is -2.16. The van der Waals surface area contributed by atoms with Crippen molar-refractivity contribution in [1.82, 2.24) is 5.32 Å². The molecule has 18 heavy (non-hydrogen) atoms. The molecule has 2 nitrogen and oxygen atoms in total. The third-order valence-corrected chi connectivity index (χ3v) is 2.61. The Morgan fingerprint density at radius 1 is 1.33 bits per heavy atom. The molecule has 1 aromatic carbocycles. The number of nitrogens with one attached hydrogen (secondary N) is 1. The Hall–Kier alpha value is -1.28. The number of hydrogen-bond acceptors (Lipinski definition) is 2. The van der Waals surface area contributed by atoms with Crippen molar-refractivity contribution in [2.24, 2.45) is 0 Å². The fourth-order valence-electron chi connectivity index (χ4n) is 1.84. The molecule has 0 aliphatic heterocycles. The number of ether oxygens (including phenoxy) is 1. The summed E-state index contributed by atoms with van der Waals surface area (Å²) in [5.74, 6) is 0.958. The van der Waals surface area contributed by atoms with Gasteiger partial charge in [-0.2, -0.15) is 0 Å². The Morgan fingerprint density at radius 3 is 2.72 bits per heavy atom. The van der Waals surface area contributed by atoms with Gasteiger partial charge in [0.25, 0.3) is 0 Å². The van der Waals surface area contributed by atoms with E-state index in [9.17, 15) is 0 Å². The van der Waals surface area contributed by atoms with Crippen LogP contribution in [0.4, 0.5) is 0 Å². The first-order valence-electron chi connectivity index (χ1n) is 6.78. The Labute approximate surface area is 111 Å². The van der Waals surface area contributed by atoms with Crippen LogP contribution < -0.4 is 10.1 Å². The lowest BCUT2D eigenvalue weighted by molar-refractivity contribution is 0.317. The summed E-state index contributed by atoms with van der Waals surface area (Å²) in [7, 11) is 0. The van der Waals surface area contributed by atoms with Crippen LogP contribution in [0.1, 0.15) is 45.7 Å². The second-order valence-corrected chi connectivity index (χ2v) is 4.70. The lowest BCUT2D eigenvalue weighted by atomic mass is 10.0. The molecule has 0 fully saturated rings. The third-order valence-electron chi connectivity index (χ3n) is 2.61. The first-order chi connectivity index (χ1) is 8.67. The number of hydrogen-bond donors (Lipinski definition) is 1. The summed E-state index contributed by atoms with van der Waals surface area (Å²) in [6.07, 6.45) is 3.29. The van der Waals surface area contributed by atoms with Gasteiger partial charge in [0.05, 0.1) is 12.6 Å².